The van der Waals surface area contributed by atoms with Crippen molar-refractivity contribution in [3.8, 4) is 5.75 Å². The quantitative estimate of drug-likeness (QED) is 0.868. The van der Waals surface area contributed by atoms with Gasteiger partial charge in [0.2, 0.25) is 0 Å². The number of benzene rings is 2. The number of carboxylic acids is 1. The van der Waals surface area contributed by atoms with Crippen LogP contribution < -0.4 is 4.74 Å². The second-order valence-electron chi connectivity index (χ2n) is 5.77. The van der Waals surface area contributed by atoms with E-state index in [0.29, 0.717) is 18.1 Å². The smallest absolute Gasteiger partial charge is 0.311 e. The number of aliphatic carboxylic acids is 1. The summed E-state index contributed by atoms with van der Waals surface area (Å²) in [7, 11) is 1.58. The van der Waals surface area contributed by atoms with Gasteiger partial charge in [-0.2, -0.15) is 0 Å². The van der Waals surface area contributed by atoms with Gasteiger partial charge >= 0.3 is 5.97 Å². The number of hydrogen-bond acceptors (Lipinski definition) is 2. The van der Waals surface area contributed by atoms with Crippen molar-refractivity contribution in [3.63, 3.8) is 0 Å². The second-order valence-corrected chi connectivity index (χ2v) is 5.77. The van der Waals surface area contributed by atoms with Gasteiger partial charge in [-0.1, -0.05) is 50.2 Å². The molecule has 0 saturated heterocycles. The van der Waals surface area contributed by atoms with Crippen LogP contribution in [0.25, 0.3) is 0 Å². The Morgan fingerprint density at radius 3 is 2.32 bits per heavy atom. The van der Waals surface area contributed by atoms with Crippen LogP contribution in [-0.4, -0.2) is 18.2 Å². The lowest BCUT2D eigenvalue weighted by atomic mass is 9.91. The summed E-state index contributed by atoms with van der Waals surface area (Å²) < 4.78 is 5.18. The highest BCUT2D eigenvalue weighted by Gasteiger charge is 2.20. The predicted octanol–water partition coefficient (Wildman–Crippen LogP) is 4.23. The minimum Gasteiger partial charge on any atom is -0.497 e. The lowest BCUT2D eigenvalue weighted by Gasteiger charge is -2.14. The zero-order valence-electron chi connectivity index (χ0n) is 13.2. The van der Waals surface area contributed by atoms with Gasteiger partial charge in [-0.05, 0) is 41.2 Å². The maximum atomic E-state index is 11.6. The van der Waals surface area contributed by atoms with Crippen molar-refractivity contribution in [2.75, 3.05) is 7.11 Å². The van der Waals surface area contributed by atoms with Crippen molar-refractivity contribution in [3.05, 3.63) is 65.2 Å². The fourth-order valence-corrected chi connectivity index (χ4v) is 2.48. The predicted molar refractivity (Wildman–Crippen MR) is 87.6 cm³/mol. The average Bonchev–Trinajstić information content (AvgIpc) is 2.52. The highest BCUT2D eigenvalue weighted by molar-refractivity contribution is 5.76. The molecule has 3 nitrogen and oxygen atoms in total. The van der Waals surface area contributed by atoms with Gasteiger partial charge in [0, 0.05) is 0 Å². The van der Waals surface area contributed by atoms with Crippen LogP contribution in [0.3, 0.4) is 0 Å². The molecular formula is C19H22O3. The van der Waals surface area contributed by atoms with Crippen LogP contribution in [0, 0.1) is 0 Å². The largest absolute Gasteiger partial charge is 0.497 e. The Labute approximate surface area is 131 Å². The minimum absolute atomic E-state index is 0.473. The van der Waals surface area contributed by atoms with Crippen LogP contribution in [0.15, 0.2) is 48.5 Å². The highest BCUT2D eigenvalue weighted by Crippen LogP contribution is 2.25. The number of carboxylic acid groups (broad SMARTS) is 1. The van der Waals surface area contributed by atoms with Crippen molar-refractivity contribution in [2.24, 2.45) is 0 Å². The fourth-order valence-electron chi connectivity index (χ4n) is 2.48. The van der Waals surface area contributed by atoms with Gasteiger partial charge in [-0.25, -0.2) is 0 Å². The van der Waals surface area contributed by atoms with E-state index in [2.05, 4.69) is 26.0 Å². The number of hydrogen-bond donors (Lipinski definition) is 1. The number of rotatable bonds is 6. The van der Waals surface area contributed by atoms with E-state index in [1.54, 1.807) is 13.2 Å². The molecule has 0 aliphatic heterocycles. The third kappa shape index (κ3) is 3.88. The van der Waals surface area contributed by atoms with Crippen LogP contribution in [0.2, 0.25) is 0 Å². The Hall–Kier alpha value is -2.29. The number of methoxy groups -OCH3 is 1. The SMILES string of the molecule is COc1cccc(C(Cc2ccc(C(C)C)cc2)C(=O)O)c1. The van der Waals surface area contributed by atoms with Gasteiger partial charge < -0.3 is 9.84 Å². The van der Waals surface area contributed by atoms with Gasteiger partial charge in [0.15, 0.2) is 0 Å². The summed E-state index contributed by atoms with van der Waals surface area (Å²) >= 11 is 0. The van der Waals surface area contributed by atoms with E-state index in [4.69, 9.17) is 4.74 Å². The highest BCUT2D eigenvalue weighted by atomic mass is 16.5. The first-order chi connectivity index (χ1) is 10.5. The Bertz CT molecular complexity index is 629. The zero-order valence-corrected chi connectivity index (χ0v) is 13.2. The Kier molecular flexibility index (Phi) is 5.21. The van der Waals surface area contributed by atoms with E-state index in [1.165, 1.54) is 5.56 Å². The van der Waals surface area contributed by atoms with E-state index in [1.807, 2.05) is 30.3 Å². The minimum atomic E-state index is -0.818. The summed E-state index contributed by atoms with van der Waals surface area (Å²) in [5.41, 5.74) is 3.05. The van der Waals surface area contributed by atoms with E-state index in [9.17, 15) is 9.90 Å². The molecule has 3 heteroatoms. The second kappa shape index (κ2) is 7.12. The lowest BCUT2D eigenvalue weighted by Crippen LogP contribution is -2.14. The maximum absolute atomic E-state index is 11.6. The summed E-state index contributed by atoms with van der Waals surface area (Å²) in [5, 5.41) is 9.55. The topological polar surface area (TPSA) is 46.5 Å². The molecular weight excluding hydrogens is 276 g/mol. The van der Waals surface area contributed by atoms with E-state index < -0.39 is 11.9 Å². The van der Waals surface area contributed by atoms with Crippen LogP contribution in [0.1, 0.15) is 42.4 Å². The van der Waals surface area contributed by atoms with Crippen molar-refractivity contribution in [2.45, 2.75) is 32.1 Å². The summed E-state index contributed by atoms with van der Waals surface area (Å²) in [5.74, 6) is -0.234. The molecule has 1 N–H and O–H groups in total. The molecule has 116 valence electrons. The van der Waals surface area contributed by atoms with Crippen LogP contribution in [0.5, 0.6) is 5.75 Å². The first-order valence-corrected chi connectivity index (χ1v) is 7.47. The normalized spacial score (nSPS) is 12.2. The Balaban J connectivity index is 2.23. The molecule has 0 saturated carbocycles. The van der Waals surface area contributed by atoms with Gasteiger partial charge in [0.25, 0.3) is 0 Å². The van der Waals surface area contributed by atoms with Crippen LogP contribution in [0.4, 0.5) is 0 Å². The Morgan fingerprint density at radius 1 is 1.09 bits per heavy atom. The standard InChI is InChI=1S/C19H22O3/c1-13(2)15-9-7-14(8-10-15)11-18(19(20)21)16-5-4-6-17(12-16)22-3/h4-10,12-13,18H,11H2,1-3H3,(H,20,21). The third-order valence-electron chi connectivity index (χ3n) is 3.88. The van der Waals surface area contributed by atoms with Crippen molar-refractivity contribution < 1.29 is 14.6 Å². The van der Waals surface area contributed by atoms with E-state index in [-0.39, 0.29) is 0 Å². The van der Waals surface area contributed by atoms with E-state index >= 15 is 0 Å². The summed E-state index contributed by atoms with van der Waals surface area (Å²) in [6.45, 7) is 4.29. The molecule has 0 radical (unpaired) electrons. The third-order valence-corrected chi connectivity index (χ3v) is 3.88. The van der Waals surface area contributed by atoms with Gasteiger partial charge in [-0.3, -0.25) is 4.79 Å². The Morgan fingerprint density at radius 2 is 1.77 bits per heavy atom. The van der Waals surface area contributed by atoms with Crippen molar-refractivity contribution in [1.82, 2.24) is 0 Å². The first-order valence-electron chi connectivity index (χ1n) is 7.47. The van der Waals surface area contributed by atoms with E-state index in [0.717, 1.165) is 11.1 Å². The van der Waals surface area contributed by atoms with Crippen molar-refractivity contribution in [1.29, 1.82) is 0 Å². The number of carbonyl (C=O) groups is 1. The lowest BCUT2D eigenvalue weighted by molar-refractivity contribution is -0.138. The monoisotopic (exact) mass is 298 g/mol. The number of ether oxygens (including phenoxy) is 1. The maximum Gasteiger partial charge on any atom is 0.311 e. The molecule has 1 unspecified atom stereocenters. The average molecular weight is 298 g/mol. The molecule has 0 aliphatic carbocycles. The molecule has 2 aromatic carbocycles. The molecule has 0 amide bonds. The van der Waals surface area contributed by atoms with Gasteiger partial charge in [0.1, 0.15) is 5.75 Å². The van der Waals surface area contributed by atoms with Crippen LogP contribution in [-0.2, 0) is 11.2 Å². The molecule has 0 aliphatic rings. The molecule has 0 aromatic heterocycles. The summed E-state index contributed by atoms with van der Waals surface area (Å²) in [6, 6.07) is 15.5. The summed E-state index contributed by atoms with van der Waals surface area (Å²) in [6.07, 6.45) is 0.473. The molecule has 2 rings (SSSR count). The van der Waals surface area contributed by atoms with Gasteiger partial charge in [-0.15, -0.1) is 0 Å². The molecule has 2 aromatic rings. The molecule has 22 heavy (non-hydrogen) atoms. The molecule has 0 spiro atoms. The zero-order chi connectivity index (χ0) is 16.1. The fraction of sp³-hybridized carbons (Fsp3) is 0.316. The van der Waals surface area contributed by atoms with Crippen LogP contribution >= 0.6 is 0 Å². The molecule has 0 fully saturated rings. The van der Waals surface area contributed by atoms with Crippen molar-refractivity contribution >= 4 is 5.97 Å². The molecule has 1 atom stereocenters. The molecule has 0 heterocycles. The summed E-state index contributed by atoms with van der Waals surface area (Å²) in [4.78, 5) is 11.6. The first kappa shape index (κ1) is 16.1. The molecule has 0 bridgehead atoms. The van der Waals surface area contributed by atoms with Gasteiger partial charge in [0.05, 0.1) is 13.0 Å².